The fraction of sp³-hybridized carbons (Fsp3) is 0.273. The highest BCUT2D eigenvalue weighted by Crippen LogP contribution is 2.24. The van der Waals surface area contributed by atoms with E-state index in [2.05, 4.69) is 21.0 Å². The number of aliphatic carboxylic acids is 1. The smallest absolute Gasteiger partial charge is 0.303 e. The molecule has 2 aromatic rings. The average molecular weight is 283 g/mol. The third-order valence-electron chi connectivity index (χ3n) is 2.45. The Morgan fingerprint density at radius 2 is 2.31 bits per heavy atom. The van der Waals surface area contributed by atoms with E-state index in [1.54, 1.807) is 4.68 Å². The Hall–Kier alpha value is -1.36. The lowest BCUT2D eigenvalue weighted by Gasteiger charge is -1.97. The van der Waals surface area contributed by atoms with Crippen LogP contribution in [0.3, 0.4) is 0 Å². The number of hydrogen-bond donors (Lipinski definition) is 1. The van der Waals surface area contributed by atoms with E-state index in [0.717, 1.165) is 21.1 Å². The van der Waals surface area contributed by atoms with Crippen LogP contribution in [0.15, 0.2) is 22.8 Å². The molecular weight excluding hydrogens is 272 g/mol. The van der Waals surface area contributed by atoms with E-state index < -0.39 is 5.97 Å². The van der Waals surface area contributed by atoms with Gasteiger partial charge in [-0.05, 0) is 40.0 Å². The second kappa shape index (κ2) is 4.25. The molecular formula is C11H11BrN2O2. The maximum absolute atomic E-state index is 10.5. The third-order valence-corrected chi connectivity index (χ3v) is 3.39. The SMILES string of the molecule is Cn1nc2cc(CCC(=O)O)ccc2c1Br. The normalized spacial score (nSPS) is 10.9. The molecule has 1 aromatic heterocycles. The summed E-state index contributed by atoms with van der Waals surface area (Å²) in [5.74, 6) is -0.776. The van der Waals surface area contributed by atoms with Crippen molar-refractivity contribution in [2.75, 3.05) is 0 Å². The third kappa shape index (κ3) is 2.09. The molecule has 1 heterocycles. The molecule has 0 saturated heterocycles. The second-order valence-corrected chi connectivity index (χ2v) is 4.41. The summed E-state index contributed by atoms with van der Waals surface area (Å²) < 4.78 is 2.69. The lowest BCUT2D eigenvalue weighted by molar-refractivity contribution is -0.136. The summed E-state index contributed by atoms with van der Waals surface area (Å²) in [5, 5.41) is 14.0. The molecule has 0 aliphatic carbocycles. The molecule has 0 radical (unpaired) electrons. The summed E-state index contributed by atoms with van der Waals surface area (Å²) in [6, 6.07) is 5.84. The van der Waals surface area contributed by atoms with Crippen LogP contribution in [0.2, 0.25) is 0 Å². The maximum atomic E-state index is 10.5. The van der Waals surface area contributed by atoms with Crippen molar-refractivity contribution < 1.29 is 9.90 Å². The van der Waals surface area contributed by atoms with Crippen molar-refractivity contribution in [3.05, 3.63) is 28.4 Å². The quantitative estimate of drug-likeness (QED) is 0.940. The van der Waals surface area contributed by atoms with Crippen LogP contribution in [0.1, 0.15) is 12.0 Å². The van der Waals surface area contributed by atoms with Crippen LogP contribution in [-0.2, 0) is 18.3 Å². The molecule has 0 saturated carbocycles. The molecule has 0 bridgehead atoms. The number of aryl methyl sites for hydroxylation is 2. The molecule has 2 rings (SSSR count). The number of rotatable bonds is 3. The van der Waals surface area contributed by atoms with E-state index in [9.17, 15) is 4.79 Å². The van der Waals surface area contributed by atoms with Gasteiger partial charge in [0.15, 0.2) is 0 Å². The molecule has 0 fully saturated rings. The number of benzene rings is 1. The van der Waals surface area contributed by atoms with Gasteiger partial charge in [-0.2, -0.15) is 5.10 Å². The molecule has 16 heavy (non-hydrogen) atoms. The Labute approximate surface area is 101 Å². The van der Waals surface area contributed by atoms with E-state index in [1.807, 2.05) is 25.2 Å². The minimum Gasteiger partial charge on any atom is -0.481 e. The molecule has 1 aromatic carbocycles. The first-order valence-corrected chi connectivity index (χ1v) is 5.70. The predicted octanol–water partition coefficient (Wildman–Crippen LogP) is 2.35. The van der Waals surface area contributed by atoms with Gasteiger partial charge < -0.3 is 5.11 Å². The first-order chi connectivity index (χ1) is 7.58. The monoisotopic (exact) mass is 282 g/mol. The van der Waals surface area contributed by atoms with Gasteiger partial charge in [0.05, 0.1) is 5.52 Å². The van der Waals surface area contributed by atoms with E-state index in [-0.39, 0.29) is 6.42 Å². The van der Waals surface area contributed by atoms with Gasteiger partial charge in [-0.1, -0.05) is 6.07 Å². The Kier molecular flexibility index (Phi) is 2.96. The van der Waals surface area contributed by atoms with Gasteiger partial charge in [0.1, 0.15) is 4.60 Å². The molecule has 0 aliphatic heterocycles. The van der Waals surface area contributed by atoms with Gasteiger partial charge in [-0.15, -0.1) is 0 Å². The molecule has 0 spiro atoms. The molecule has 1 N–H and O–H groups in total. The Morgan fingerprint density at radius 1 is 1.56 bits per heavy atom. The van der Waals surface area contributed by atoms with Crippen molar-refractivity contribution >= 4 is 32.8 Å². The lowest BCUT2D eigenvalue weighted by atomic mass is 10.1. The summed E-state index contributed by atoms with van der Waals surface area (Å²) in [7, 11) is 1.86. The summed E-state index contributed by atoms with van der Waals surface area (Å²) in [5.41, 5.74) is 1.89. The molecule has 0 aliphatic rings. The van der Waals surface area contributed by atoms with E-state index in [4.69, 9.17) is 5.11 Å². The van der Waals surface area contributed by atoms with Crippen molar-refractivity contribution in [1.82, 2.24) is 9.78 Å². The van der Waals surface area contributed by atoms with Crippen molar-refractivity contribution in [1.29, 1.82) is 0 Å². The zero-order valence-corrected chi connectivity index (χ0v) is 10.4. The van der Waals surface area contributed by atoms with Gasteiger partial charge in [0.25, 0.3) is 0 Å². The minimum absolute atomic E-state index is 0.152. The largest absolute Gasteiger partial charge is 0.481 e. The molecule has 4 nitrogen and oxygen atoms in total. The number of hydrogen-bond acceptors (Lipinski definition) is 2. The standard InChI is InChI=1S/C11H11BrN2O2/c1-14-11(12)8-4-2-7(3-5-10(15)16)6-9(8)13-14/h2,4,6H,3,5H2,1H3,(H,15,16). The number of carboxylic acids is 1. The van der Waals surface area contributed by atoms with Gasteiger partial charge in [-0.3, -0.25) is 9.48 Å². The zero-order chi connectivity index (χ0) is 11.7. The Balaban J connectivity index is 2.33. The fourth-order valence-corrected chi connectivity index (χ4v) is 2.04. The molecule has 0 atom stereocenters. The highest BCUT2D eigenvalue weighted by atomic mass is 79.9. The van der Waals surface area contributed by atoms with Crippen LogP contribution >= 0.6 is 15.9 Å². The molecule has 0 amide bonds. The molecule has 0 unspecified atom stereocenters. The predicted molar refractivity (Wildman–Crippen MR) is 64.4 cm³/mol. The lowest BCUT2D eigenvalue weighted by Crippen LogP contribution is -1.97. The molecule has 5 heteroatoms. The maximum Gasteiger partial charge on any atom is 0.303 e. The van der Waals surface area contributed by atoms with Gasteiger partial charge >= 0.3 is 5.97 Å². The van der Waals surface area contributed by atoms with E-state index in [0.29, 0.717) is 6.42 Å². The Morgan fingerprint density at radius 3 is 3.00 bits per heavy atom. The topological polar surface area (TPSA) is 55.1 Å². The van der Waals surface area contributed by atoms with Gasteiger partial charge in [-0.25, -0.2) is 0 Å². The first-order valence-electron chi connectivity index (χ1n) is 4.91. The summed E-state index contributed by atoms with van der Waals surface area (Å²) in [6.45, 7) is 0. The number of fused-ring (bicyclic) bond motifs is 1. The minimum atomic E-state index is -0.776. The average Bonchev–Trinajstić information content (AvgIpc) is 2.52. The second-order valence-electron chi connectivity index (χ2n) is 3.66. The van der Waals surface area contributed by atoms with Crippen LogP contribution in [-0.4, -0.2) is 20.9 Å². The fourth-order valence-electron chi connectivity index (χ4n) is 1.62. The summed E-state index contributed by atoms with van der Waals surface area (Å²) >= 11 is 3.44. The van der Waals surface area contributed by atoms with Crippen molar-refractivity contribution in [3.8, 4) is 0 Å². The van der Waals surface area contributed by atoms with Crippen LogP contribution < -0.4 is 0 Å². The summed E-state index contributed by atoms with van der Waals surface area (Å²) in [6.07, 6.45) is 0.693. The first kappa shape index (κ1) is 11.1. The molecule has 84 valence electrons. The van der Waals surface area contributed by atoms with Gasteiger partial charge in [0.2, 0.25) is 0 Å². The van der Waals surface area contributed by atoms with E-state index in [1.165, 1.54) is 0 Å². The zero-order valence-electron chi connectivity index (χ0n) is 8.77. The van der Waals surface area contributed by atoms with Crippen molar-refractivity contribution in [2.45, 2.75) is 12.8 Å². The van der Waals surface area contributed by atoms with E-state index >= 15 is 0 Å². The summed E-state index contributed by atoms with van der Waals surface area (Å²) in [4.78, 5) is 10.5. The van der Waals surface area contributed by atoms with Crippen LogP contribution in [0.4, 0.5) is 0 Å². The highest BCUT2D eigenvalue weighted by molar-refractivity contribution is 9.10. The highest BCUT2D eigenvalue weighted by Gasteiger charge is 2.07. The number of nitrogens with zero attached hydrogens (tertiary/aromatic N) is 2. The number of carboxylic acid groups (broad SMARTS) is 1. The van der Waals surface area contributed by atoms with Crippen LogP contribution in [0.5, 0.6) is 0 Å². The van der Waals surface area contributed by atoms with Crippen LogP contribution in [0.25, 0.3) is 10.9 Å². The van der Waals surface area contributed by atoms with Crippen LogP contribution in [0, 0.1) is 0 Å². The van der Waals surface area contributed by atoms with Crippen molar-refractivity contribution in [2.24, 2.45) is 7.05 Å². The van der Waals surface area contributed by atoms with Gasteiger partial charge in [0, 0.05) is 18.9 Å². The van der Waals surface area contributed by atoms with Crippen molar-refractivity contribution in [3.63, 3.8) is 0 Å². The number of carbonyl (C=O) groups is 1. The number of aromatic nitrogens is 2. The Bertz CT molecular complexity index is 548. The number of halogens is 1.